The maximum atomic E-state index is 12.1. The highest BCUT2D eigenvalue weighted by atomic mass is 35.5. The lowest BCUT2D eigenvalue weighted by Crippen LogP contribution is -2.09. The van der Waals surface area contributed by atoms with Gasteiger partial charge >= 0.3 is 0 Å². The van der Waals surface area contributed by atoms with Gasteiger partial charge in [0.15, 0.2) is 5.78 Å². The number of halogens is 2. The van der Waals surface area contributed by atoms with Crippen molar-refractivity contribution in [3.05, 3.63) is 63.6 Å². The Balaban J connectivity index is 1.82. The molecule has 0 aliphatic heterocycles. The number of hydrogen-bond acceptors (Lipinski definition) is 2. The van der Waals surface area contributed by atoms with E-state index in [0.29, 0.717) is 28.6 Å². The van der Waals surface area contributed by atoms with E-state index in [1.807, 2.05) is 0 Å². The Morgan fingerprint density at radius 1 is 1.04 bits per heavy atom. The summed E-state index contributed by atoms with van der Waals surface area (Å²) in [6.45, 7) is 2.79. The number of Topliss-reactive ketones (excluding diaryl/α,β-unsaturated/α-hetero) is 1. The summed E-state index contributed by atoms with van der Waals surface area (Å²) in [6.07, 6.45) is 3.95. The van der Waals surface area contributed by atoms with Crippen molar-refractivity contribution < 1.29 is 4.79 Å². The molecule has 0 fully saturated rings. The van der Waals surface area contributed by atoms with Gasteiger partial charge in [0.2, 0.25) is 0 Å². The number of aryl methyl sites for hydroxylation is 1. The Labute approximate surface area is 147 Å². The molecule has 2 nitrogen and oxygen atoms in total. The van der Waals surface area contributed by atoms with Gasteiger partial charge in [-0.15, -0.1) is 0 Å². The largest absolute Gasteiger partial charge is 0.385 e. The van der Waals surface area contributed by atoms with Crippen LogP contribution in [-0.4, -0.2) is 12.3 Å². The zero-order valence-corrected chi connectivity index (χ0v) is 14.8. The van der Waals surface area contributed by atoms with Crippen LogP contribution in [0.1, 0.15) is 42.1 Å². The molecule has 0 amide bonds. The second-order valence-corrected chi connectivity index (χ2v) is 6.34. The van der Waals surface area contributed by atoms with Gasteiger partial charge in [-0.1, -0.05) is 48.7 Å². The van der Waals surface area contributed by atoms with Gasteiger partial charge < -0.3 is 5.32 Å². The zero-order valence-electron chi connectivity index (χ0n) is 13.2. The highest BCUT2D eigenvalue weighted by Crippen LogP contribution is 2.23. The molecule has 2 rings (SSSR count). The minimum absolute atomic E-state index is 0.0515. The van der Waals surface area contributed by atoms with Crippen LogP contribution in [0.4, 0.5) is 5.69 Å². The number of nitrogens with one attached hydrogen (secondary N) is 1. The first kappa shape index (κ1) is 17.8. The molecule has 0 bridgehead atoms. The molecular formula is C19H21Cl2NO. The normalized spacial score (nSPS) is 10.6. The van der Waals surface area contributed by atoms with Crippen molar-refractivity contribution in [1.29, 1.82) is 0 Å². The highest BCUT2D eigenvalue weighted by molar-refractivity contribution is 6.42. The van der Waals surface area contributed by atoms with Crippen LogP contribution in [0.15, 0.2) is 42.5 Å². The molecule has 1 N–H and O–H groups in total. The molecule has 0 atom stereocenters. The molecule has 122 valence electrons. The van der Waals surface area contributed by atoms with Crippen molar-refractivity contribution in [3.8, 4) is 0 Å². The van der Waals surface area contributed by atoms with Crippen LogP contribution >= 0.6 is 23.2 Å². The zero-order chi connectivity index (χ0) is 16.7. The van der Waals surface area contributed by atoms with Crippen LogP contribution < -0.4 is 5.32 Å². The van der Waals surface area contributed by atoms with Crippen LogP contribution in [0.25, 0.3) is 0 Å². The van der Waals surface area contributed by atoms with Crippen LogP contribution in [0, 0.1) is 0 Å². The third-order valence-corrected chi connectivity index (χ3v) is 4.43. The Hall–Kier alpha value is -1.51. The van der Waals surface area contributed by atoms with Gasteiger partial charge in [0.1, 0.15) is 0 Å². The topological polar surface area (TPSA) is 29.1 Å². The number of unbranched alkanes of at least 4 members (excludes halogenated alkanes) is 1. The summed E-state index contributed by atoms with van der Waals surface area (Å²) < 4.78 is 0. The summed E-state index contributed by atoms with van der Waals surface area (Å²) in [7, 11) is 0. The molecule has 23 heavy (non-hydrogen) atoms. The average Bonchev–Trinajstić information content (AvgIpc) is 2.56. The molecule has 2 aromatic rings. The van der Waals surface area contributed by atoms with E-state index >= 15 is 0 Å². The van der Waals surface area contributed by atoms with Gasteiger partial charge in [-0.05, 0) is 48.7 Å². The van der Waals surface area contributed by atoms with Crippen LogP contribution in [0.2, 0.25) is 10.0 Å². The van der Waals surface area contributed by atoms with Crippen LogP contribution in [0.5, 0.6) is 0 Å². The summed E-state index contributed by atoms with van der Waals surface area (Å²) in [4.78, 5) is 12.1. The van der Waals surface area contributed by atoms with Gasteiger partial charge in [0.05, 0.1) is 10.0 Å². The van der Waals surface area contributed by atoms with Gasteiger partial charge in [0.25, 0.3) is 0 Å². The Kier molecular flexibility index (Phi) is 6.94. The van der Waals surface area contributed by atoms with Crippen LogP contribution in [-0.2, 0) is 6.42 Å². The molecule has 0 saturated heterocycles. The first-order valence-electron chi connectivity index (χ1n) is 7.91. The Morgan fingerprint density at radius 2 is 1.78 bits per heavy atom. The first-order valence-corrected chi connectivity index (χ1v) is 8.67. The van der Waals surface area contributed by atoms with Crippen molar-refractivity contribution in [1.82, 2.24) is 0 Å². The maximum Gasteiger partial charge on any atom is 0.164 e. The lowest BCUT2D eigenvalue weighted by molar-refractivity contribution is 0.0986. The lowest BCUT2D eigenvalue weighted by atomic mass is 10.1. The molecule has 0 heterocycles. The van der Waals surface area contributed by atoms with E-state index in [0.717, 1.165) is 12.1 Å². The minimum atomic E-state index is 0.0515. The van der Waals surface area contributed by atoms with E-state index in [1.165, 1.54) is 18.4 Å². The predicted octanol–water partition coefficient (Wildman–Crippen LogP) is 6.02. The molecule has 0 spiro atoms. The third kappa shape index (κ3) is 5.56. The third-order valence-electron chi connectivity index (χ3n) is 3.70. The summed E-state index contributed by atoms with van der Waals surface area (Å²) in [5.41, 5.74) is 2.98. The van der Waals surface area contributed by atoms with E-state index in [2.05, 4.69) is 36.5 Å². The number of carbonyl (C=O) groups excluding carboxylic acids is 1. The Morgan fingerprint density at radius 3 is 2.43 bits per heavy atom. The minimum Gasteiger partial charge on any atom is -0.385 e. The monoisotopic (exact) mass is 349 g/mol. The molecule has 0 aliphatic carbocycles. The molecule has 0 radical (unpaired) electrons. The first-order chi connectivity index (χ1) is 11.1. The summed E-state index contributed by atoms with van der Waals surface area (Å²) >= 11 is 11.8. The number of benzene rings is 2. The molecule has 0 saturated carbocycles. The second kappa shape index (κ2) is 8.95. The van der Waals surface area contributed by atoms with Gasteiger partial charge in [-0.2, -0.15) is 0 Å². The quantitative estimate of drug-likeness (QED) is 0.590. The smallest absolute Gasteiger partial charge is 0.164 e. The van der Waals surface area contributed by atoms with Crippen molar-refractivity contribution >= 4 is 34.7 Å². The molecular weight excluding hydrogens is 329 g/mol. The summed E-state index contributed by atoms with van der Waals surface area (Å²) in [5, 5.41) is 4.15. The standard InChI is InChI=1S/C19H21Cl2NO/c1-2-3-4-14-5-8-16(9-6-14)22-12-11-19(23)15-7-10-17(20)18(21)13-15/h5-10,13,22H,2-4,11-12H2,1H3. The van der Waals surface area contributed by atoms with Crippen molar-refractivity contribution in [2.75, 3.05) is 11.9 Å². The van der Waals surface area contributed by atoms with Crippen LogP contribution in [0.3, 0.4) is 0 Å². The number of hydrogen-bond donors (Lipinski definition) is 1. The fraction of sp³-hybridized carbons (Fsp3) is 0.316. The van der Waals surface area contributed by atoms with E-state index < -0.39 is 0 Å². The van der Waals surface area contributed by atoms with Crippen molar-refractivity contribution in [2.24, 2.45) is 0 Å². The lowest BCUT2D eigenvalue weighted by Gasteiger charge is -2.08. The number of ketones is 1. The van der Waals surface area contributed by atoms with E-state index in [-0.39, 0.29) is 5.78 Å². The summed E-state index contributed by atoms with van der Waals surface area (Å²) in [5.74, 6) is 0.0515. The number of rotatable bonds is 8. The highest BCUT2D eigenvalue weighted by Gasteiger charge is 2.08. The SMILES string of the molecule is CCCCc1ccc(NCCC(=O)c2ccc(Cl)c(Cl)c2)cc1. The maximum absolute atomic E-state index is 12.1. The van der Waals surface area contributed by atoms with Gasteiger partial charge in [-0.25, -0.2) is 0 Å². The average molecular weight is 350 g/mol. The molecule has 0 aromatic heterocycles. The fourth-order valence-electron chi connectivity index (χ4n) is 2.30. The molecule has 0 aliphatic rings. The second-order valence-electron chi connectivity index (χ2n) is 5.53. The van der Waals surface area contributed by atoms with Gasteiger partial charge in [0, 0.05) is 24.2 Å². The Bertz CT molecular complexity index is 653. The van der Waals surface area contributed by atoms with Crippen molar-refractivity contribution in [3.63, 3.8) is 0 Å². The fourth-order valence-corrected chi connectivity index (χ4v) is 2.60. The predicted molar refractivity (Wildman–Crippen MR) is 99.0 cm³/mol. The van der Waals surface area contributed by atoms with E-state index in [1.54, 1.807) is 18.2 Å². The van der Waals surface area contributed by atoms with Crippen molar-refractivity contribution in [2.45, 2.75) is 32.6 Å². The molecule has 4 heteroatoms. The summed E-state index contributed by atoms with van der Waals surface area (Å²) in [6, 6.07) is 13.4. The van der Waals surface area contributed by atoms with Gasteiger partial charge in [-0.3, -0.25) is 4.79 Å². The number of carbonyl (C=O) groups is 1. The van der Waals surface area contributed by atoms with E-state index in [4.69, 9.17) is 23.2 Å². The molecule has 0 unspecified atom stereocenters. The van der Waals surface area contributed by atoms with E-state index in [9.17, 15) is 4.79 Å². The molecule has 2 aromatic carbocycles. The number of anilines is 1.